The fourth-order valence-electron chi connectivity index (χ4n) is 0.822. The maximum Gasteiger partial charge on any atom is 0.0406 e. The Hall–Kier alpha value is 0.0600. The standard InChI is InChI=1S/C10H17Cl.ClH/c1-9(2)5-4-6-10(3)7-8-11;/h5,7H,4,6,8H2,1-3H3;1H. The first-order valence-corrected chi connectivity index (χ1v) is 4.55. The van der Waals surface area contributed by atoms with Crippen LogP contribution in [0.15, 0.2) is 23.3 Å². The molecule has 0 fully saturated rings. The molecule has 12 heavy (non-hydrogen) atoms. The third kappa shape index (κ3) is 10.1. The number of halogens is 2. The smallest absolute Gasteiger partial charge is 0.0406 e. The second kappa shape index (κ2) is 9.15. The van der Waals surface area contributed by atoms with Gasteiger partial charge in [0.25, 0.3) is 0 Å². The Morgan fingerprint density at radius 3 is 2.17 bits per heavy atom. The highest BCUT2D eigenvalue weighted by Crippen LogP contribution is 2.06. The van der Waals surface area contributed by atoms with Gasteiger partial charge in [-0.1, -0.05) is 23.3 Å². The molecule has 0 rings (SSSR count). The summed E-state index contributed by atoms with van der Waals surface area (Å²) in [6, 6.07) is 0. The number of rotatable bonds is 4. The summed E-state index contributed by atoms with van der Waals surface area (Å²) in [6.07, 6.45) is 6.60. The molecule has 0 nitrogen and oxygen atoms in total. The van der Waals surface area contributed by atoms with Crippen molar-refractivity contribution < 1.29 is 0 Å². The Morgan fingerprint density at radius 1 is 1.17 bits per heavy atom. The van der Waals surface area contributed by atoms with Crippen molar-refractivity contribution in [3.63, 3.8) is 0 Å². The lowest BCUT2D eigenvalue weighted by molar-refractivity contribution is 0.964. The lowest BCUT2D eigenvalue weighted by Crippen LogP contribution is -1.77. The second-order valence-corrected chi connectivity index (χ2v) is 3.33. The molecular weight excluding hydrogens is 191 g/mol. The lowest BCUT2D eigenvalue weighted by Gasteiger charge is -1.96. The van der Waals surface area contributed by atoms with Gasteiger partial charge in [0.15, 0.2) is 0 Å². The van der Waals surface area contributed by atoms with Crippen LogP contribution in [-0.4, -0.2) is 5.88 Å². The average molecular weight is 209 g/mol. The van der Waals surface area contributed by atoms with E-state index in [2.05, 4.69) is 32.9 Å². The van der Waals surface area contributed by atoms with E-state index in [0.717, 1.165) is 12.8 Å². The summed E-state index contributed by atoms with van der Waals surface area (Å²) in [5, 5.41) is 0. The topological polar surface area (TPSA) is 0 Å². The molecule has 0 N–H and O–H groups in total. The first-order valence-electron chi connectivity index (χ1n) is 4.01. The monoisotopic (exact) mass is 208 g/mol. The van der Waals surface area contributed by atoms with Crippen molar-refractivity contribution in [1.82, 2.24) is 0 Å². The van der Waals surface area contributed by atoms with E-state index in [4.69, 9.17) is 11.6 Å². The van der Waals surface area contributed by atoms with Crippen LogP contribution in [0.5, 0.6) is 0 Å². The van der Waals surface area contributed by atoms with Crippen molar-refractivity contribution >= 4 is 24.0 Å². The normalized spacial score (nSPS) is 10.5. The Kier molecular flexibility index (Phi) is 11.1. The number of hydrogen-bond acceptors (Lipinski definition) is 0. The van der Waals surface area contributed by atoms with Crippen molar-refractivity contribution in [2.75, 3.05) is 5.88 Å². The summed E-state index contributed by atoms with van der Waals surface area (Å²) in [6.45, 7) is 6.38. The van der Waals surface area contributed by atoms with Gasteiger partial charge in [-0.05, 0) is 33.6 Å². The maximum atomic E-state index is 5.55. The number of alkyl halides is 1. The quantitative estimate of drug-likeness (QED) is 0.477. The summed E-state index contributed by atoms with van der Waals surface area (Å²) < 4.78 is 0. The number of hydrogen-bond donors (Lipinski definition) is 0. The van der Waals surface area contributed by atoms with E-state index in [1.807, 2.05) is 0 Å². The van der Waals surface area contributed by atoms with E-state index in [1.165, 1.54) is 11.1 Å². The van der Waals surface area contributed by atoms with Gasteiger partial charge in [0.2, 0.25) is 0 Å². The van der Waals surface area contributed by atoms with Gasteiger partial charge in [-0.25, -0.2) is 0 Å². The van der Waals surface area contributed by atoms with Crippen LogP contribution in [0.3, 0.4) is 0 Å². The molecule has 0 heterocycles. The molecule has 0 saturated heterocycles. The molecule has 0 unspecified atom stereocenters. The van der Waals surface area contributed by atoms with Crippen LogP contribution in [-0.2, 0) is 0 Å². The molecule has 0 atom stereocenters. The van der Waals surface area contributed by atoms with Gasteiger partial charge in [-0.3, -0.25) is 0 Å². The summed E-state index contributed by atoms with van der Waals surface area (Å²) in [4.78, 5) is 0. The molecule has 0 bridgehead atoms. The third-order valence-corrected chi connectivity index (χ3v) is 1.67. The zero-order valence-corrected chi connectivity index (χ0v) is 9.63. The maximum absolute atomic E-state index is 5.55. The van der Waals surface area contributed by atoms with Crippen LogP contribution in [0.2, 0.25) is 0 Å². The predicted octanol–water partition coefficient (Wildman–Crippen LogP) is 4.34. The minimum Gasteiger partial charge on any atom is -0.147 e. The summed E-state index contributed by atoms with van der Waals surface area (Å²) in [5.41, 5.74) is 2.78. The van der Waals surface area contributed by atoms with E-state index >= 15 is 0 Å². The minimum absolute atomic E-state index is 0. The highest BCUT2D eigenvalue weighted by molar-refractivity contribution is 6.18. The summed E-state index contributed by atoms with van der Waals surface area (Å²) in [5.74, 6) is 0.640. The van der Waals surface area contributed by atoms with E-state index in [-0.39, 0.29) is 12.4 Å². The molecule has 0 saturated carbocycles. The molecule has 0 aromatic heterocycles. The fourth-order valence-corrected chi connectivity index (χ4v) is 1.09. The van der Waals surface area contributed by atoms with Crippen LogP contribution in [0.1, 0.15) is 33.6 Å². The van der Waals surface area contributed by atoms with Crippen LogP contribution >= 0.6 is 24.0 Å². The predicted molar refractivity (Wildman–Crippen MR) is 60.4 cm³/mol. The second-order valence-electron chi connectivity index (χ2n) is 3.02. The van der Waals surface area contributed by atoms with Crippen molar-refractivity contribution in [1.29, 1.82) is 0 Å². The molecule has 0 aliphatic heterocycles. The van der Waals surface area contributed by atoms with Crippen molar-refractivity contribution in [3.05, 3.63) is 23.3 Å². The van der Waals surface area contributed by atoms with Crippen LogP contribution < -0.4 is 0 Å². The van der Waals surface area contributed by atoms with Gasteiger partial charge in [-0.2, -0.15) is 0 Å². The van der Waals surface area contributed by atoms with Crippen LogP contribution in [0, 0.1) is 0 Å². The molecule has 72 valence electrons. The molecule has 0 radical (unpaired) electrons. The zero-order chi connectivity index (χ0) is 8.69. The minimum atomic E-state index is 0. The average Bonchev–Trinajstić information content (AvgIpc) is 1.87. The van der Waals surface area contributed by atoms with Gasteiger partial charge in [0, 0.05) is 5.88 Å². The first-order chi connectivity index (χ1) is 5.16. The molecule has 2 heteroatoms. The third-order valence-electron chi connectivity index (χ3n) is 1.52. The van der Waals surface area contributed by atoms with Crippen molar-refractivity contribution in [2.45, 2.75) is 33.6 Å². The van der Waals surface area contributed by atoms with Gasteiger partial charge in [0.1, 0.15) is 0 Å². The molecule has 0 aliphatic rings. The van der Waals surface area contributed by atoms with E-state index < -0.39 is 0 Å². The lowest BCUT2D eigenvalue weighted by atomic mass is 10.1. The molecule has 0 aromatic carbocycles. The molecule has 0 amide bonds. The van der Waals surface area contributed by atoms with Crippen molar-refractivity contribution in [3.8, 4) is 0 Å². The summed E-state index contributed by atoms with van der Waals surface area (Å²) in [7, 11) is 0. The van der Waals surface area contributed by atoms with Gasteiger partial charge < -0.3 is 0 Å². The van der Waals surface area contributed by atoms with Crippen LogP contribution in [0.4, 0.5) is 0 Å². The van der Waals surface area contributed by atoms with Gasteiger partial charge in [-0.15, -0.1) is 24.0 Å². The van der Waals surface area contributed by atoms with Gasteiger partial charge in [0.05, 0.1) is 0 Å². The molecular formula is C10H18Cl2. The molecule has 0 aliphatic carbocycles. The molecule has 0 aromatic rings. The first kappa shape index (κ1) is 14.6. The Bertz CT molecular complexity index is 153. The highest BCUT2D eigenvalue weighted by Gasteiger charge is 1.86. The SMILES string of the molecule is CC(C)=CCCC(C)=CCCl.Cl. The largest absolute Gasteiger partial charge is 0.147 e. The fraction of sp³-hybridized carbons (Fsp3) is 0.600. The Morgan fingerprint density at radius 2 is 1.75 bits per heavy atom. The zero-order valence-electron chi connectivity index (χ0n) is 8.06. The van der Waals surface area contributed by atoms with Gasteiger partial charge >= 0.3 is 0 Å². The Labute approximate surface area is 87.1 Å². The van der Waals surface area contributed by atoms with Crippen LogP contribution in [0.25, 0.3) is 0 Å². The van der Waals surface area contributed by atoms with E-state index in [0.29, 0.717) is 5.88 Å². The highest BCUT2D eigenvalue weighted by atomic mass is 35.5. The van der Waals surface area contributed by atoms with Crippen molar-refractivity contribution in [2.24, 2.45) is 0 Å². The van der Waals surface area contributed by atoms with E-state index in [1.54, 1.807) is 0 Å². The molecule has 0 spiro atoms. The van der Waals surface area contributed by atoms with E-state index in [9.17, 15) is 0 Å². The Balaban J connectivity index is 0. The number of allylic oxidation sites excluding steroid dienone is 4. The summed E-state index contributed by atoms with van der Waals surface area (Å²) >= 11 is 5.55.